The molecule has 1 aromatic carbocycles. The summed E-state index contributed by atoms with van der Waals surface area (Å²) in [5.41, 5.74) is 1.08. The van der Waals surface area contributed by atoms with Crippen LogP contribution >= 0.6 is 0 Å². The Morgan fingerprint density at radius 2 is 1.70 bits per heavy atom. The van der Waals surface area contributed by atoms with Gasteiger partial charge in [0.15, 0.2) is 0 Å². The summed E-state index contributed by atoms with van der Waals surface area (Å²) in [4.78, 5) is 23.2. The lowest BCUT2D eigenvalue weighted by molar-refractivity contribution is -0.140. The molecular formula is C16H18O4. The lowest BCUT2D eigenvalue weighted by atomic mass is 10.1. The molecule has 0 aliphatic heterocycles. The zero-order valence-electron chi connectivity index (χ0n) is 11.7. The van der Waals surface area contributed by atoms with Gasteiger partial charge in [-0.15, -0.1) is 0 Å². The molecule has 4 nitrogen and oxygen atoms in total. The third kappa shape index (κ3) is 5.52. The molecule has 0 aliphatic rings. The number of hydrogen-bond donors (Lipinski definition) is 0. The monoisotopic (exact) mass is 274 g/mol. The van der Waals surface area contributed by atoms with Gasteiger partial charge in [0.05, 0.1) is 18.8 Å². The molecule has 0 unspecified atom stereocenters. The van der Waals surface area contributed by atoms with E-state index in [4.69, 9.17) is 9.47 Å². The molecule has 0 aromatic heterocycles. The van der Waals surface area contributed by atoms with Crippen molar-refractivity contribution in [1.29, 1.82) is 0 Å². The second kappa shape index (κ2) is 8.69. The van der Waals surface area contributed by atoms with E-state index in [1.165, 1.54) is 0 Å². The van der Waals surface area contributed by atoms with Gasteiger partial charge in [0.2, 0.25) is 0 Å². The van der Waals surface area contributed by atoms with Gasteiger partial charge in [0, 0.05) is 6.08 Å². The van der Waals surface area contributed by atoms with Crippen LogP contribution in [0, 0.1) is 0 Å². The molecule has 0 N–H and O–H groups in total. The van der Waals surface area contributed by atoms with Gasteiger partial charge in [0.1, 0.15) is 0 Å². The number of benzene rings is 1. The van der Waals surface area contributed by atoms with Crippen LogP contribution in [0.25, 0.3) is 6.08 Å². The molecule has 0 heterocycles. The van der Waals surface area contributed by atoms with E-state index in [0.29, 0.717) is 0 Å². The Balaban J connectivity index is 2.90. The SMILES string of the molecule is CCOC(=O)/C=C(/C=Cc1ccccc1)C(=O)OCC. The molecule has 0 atom stereocenters. The van der Waals surface area contributed by atoms with E-state index in [9.17, 15) is 9.59 Å². The first-order valence-electron chi connectivity index (χ1n) is 6.46. The van der Waals surface area contributed by atoms with E-state index >= 15 is 0 Å². The van der Waals surface area contributed by atoms with Crippen LogP contribution < -0.4 is 0 Å². The summed E-state index contributed by atoms with van der Waals surface area (Å²) in [5, 5.41) is 0. The van der Waals surface area contributed by atoms with Crippen LogP contribution in [0.4, 0.5) is 0 Å². The van der Waals surface area contributed by atoms with Gasteiger partial charge in [-0.05, 0) is 25.5 Å². The summed E-state index contributed by atoms with van der Waals surface area (Å²) in [5.74, 6) is -1.11. The van der Waals surface area contributed by atoms with Gasteiger partial charge in [-0.2, -0.15) is 0 Å². The standard InChI is InChI=1S/C16H18O4/c1-3-19-15(17)12-14(16(18)20-4-2)11-10-13-8-6-5-7-9-13/h5-12H,3-4H2,1-2H3/b11-10?,14-12-. The van der Waals surface area contributed by atoms with E-state index < -0.39 is 11.9 Å². The first-order chi connectivity index (χ1) is 9.67. The van der Waals surface area contributed by atoms with E-state index in [1.807, 2.05) is 30.3 Å². The molecule has 1 rings (SSSR count). The molecule has 0 saturated heterocycles. The molecule has 0 saturated carbocycles. The highest BCUT2D eigenvalue weighted by Crippen LogP contribution is 2.07. The van der Waals surface area contributed by atoms with Crippen molar-refractivity contribution in [2.45, 2.75) is 13.8 Å². The second-order valence-electron chi connectivity index (χ2n) is 3.82. The van der Waals surface area contributed by atoms with E-state index in [0.717, 1.165) is 11.6 Å². The van der Waals surface area contributed by atoms with Crippen molar-refractivity contribution in [3.05, 3.63) is 53.6 Å². The van der Waals surface area contributed by atoms with E-state index in [2.05, 4.69) is 0 Å². The van der Waals surface area contributed by atoms with Crippen molar-refractivity contribution in [2.75, 3.05) is 13.2 Å². The van der Waals surface area contributed by atoms with Crippen molar-refractivity contribution < 1.29 is 19.1 Å². The number of ether oxygens (including phenoxy) is 2. The quantitative estimate of drug-likeness (QED) is 0.455. The summed E-state index contributed by atoms with van der Waals surface area (Å²) in [6.45, 7) is 3.92. The van der Waals surface area contributed by atoms with Crippen LogP contribution in [-0.4, -0.2) is 25.2 Å². The fourth-order valence-corrected chi connectivity index (χ4v) is 1.45. The first-order valence-corrected chi connectivity index (χ1v) is 6.46. The Bertz CT molecular complexity index is 500. The maximum atomic E-state index is 11.8. The third-order valence-electron chi connectivity index (χ3n) is 2.33. The molecule has 0 aliphatic carbocycles. The largest absolute Gasteiger partial charge is 0.463 e. The molecule has 0 spiro atoms. The molecule has 4 heteroatoms. The van der Waals surface area contributed by atoms with Crippen molar-refractivity contribution in [2.24, 2.45) is 0 Å². The van der Waals surface area contributed by atoms with E-state index in [1.54, 1.807) is 26.0 Å². The van der Waals surface area contributed by atoms with Crippen molar-refractivity contribution in [3.63, 3.8) is 0 Å². The summed E-state index contributed by atoms with van der Waals surface area (Å²) < 4.78 is 9.70. The van der Waals surface area contributed by atoms with Crippen molar-refractivity contribution in [3.8, 4) is 0 Å². The molecule has 0 radical (unpaired) electrons. The highest BCUT2D eigenvalue weighted by atomic mass is 16.5. The molecule has 0 bridgehead atoms. The normalized spacial score (nSPS) is 11.4. The third-order valence-corrected chi connectivity index (χ3v) is 2.33. The van der Waals surface area contributed by atoms with Gasteiger partial charge in [0.25, 0.3) is 0 Å². The Kier molecular flexibility index (Phi) is 6.82. The lowest BCUT2D eigenvalue weighted by Crippen LogP contribution is -2.09. The van der Waals surface area contributed by atoms with Gasteiger partial charge in [-0.3, -0.25) is 0 Å². The van der Waals surface area contributed by atoms with Crippen LogP contribution in [0.2, 0.25) is 0 Å². The fraction of sp³-hybridized carbons (Fsp3) is 0.250. The zero-order chi connectivity index (χ0) is 14.8. The summed E-state index contributed by atoms with van der Waals surface area (Å²) in [6, 6.07) is 9.46. The lowest BCUT2D eigenvalue weighted by Gasteiger charge is -2.03. The van der Waals surface area contributed by atoms with Gasteiger partial charge in [-0.1, -0.05) is 36.4 Å². The Labute approximate surface area is 118 Å². The smallest absolute Gasteiger partial charge is 0.338 e. The molecule has 20 heavy (non-hydrogen) atoms. The fourth-order valence-electron chi connectivity index (χ4n) is 1.45. The highest BCUT2D eigenvalue weighted by molar-refractivity contribution is 5.99. The number of carbonyl (C=O) groups is 2. The minimum Gasteiger partial charge on any atom is -0.463 e. The van der Waals surface area contributed by atoms with Gasteiger partial charge >= 0.3 is 11.9 Å². The minimum atomic E-state index is -0.562. The minimum absolute atomic E-state index is 0.161. The highest BCUT2D eigenvalue weighted by Gasteiger charge is 2.10. The summed E-state index contributed by atoms with van der Waals surface area (Å²) >= 11 is 0. The average Bonchev–Trinajstić information content (AvgIpc) is 2.45. The van der Waals surface area contributed by atoms with Crippen LogP contribution in [0.3, 0.4) is 0 Å². The summed E-state index contributed by atoms with van der Waals surface area (Å²) in [6.07, 6.45) is 4.42. The molecule has 0 fully saturated rings. The maximum absolute atomic E-state index is 11.8. The predicted molar refractivity (Wildman–Crippen MR) is 76.8 cm³/mol. The number of hydrogen-bond acceptors (Lipinski definition) is 4. The van der Waals surface area contributed by atoms with Crippen LogP contribution in [0.5, 0.6) is 0 Å². The van der Waals surface area contributed by atoms with Crippen molar-refractivity contribution >= 4 is 18.0 Å². The van der Waals surface area contributed by atoms with Gasteiger partial charge in [-0.25, -0.2) is 9.59 Å². The maximum Gasteiger partial charge on any atom is 0.338 e. The van der Waals surface area contributed by atoms with E-state index in [-0.39, 0.29) is 18.8 Å². The molecule has 1 aromatic rings. The van der Waals surface area contributed by atoms with Crippen LogP contribution in [0.15, 0.2) is 48.1 Å². The molecule has 0 amide bonds. The van der Waals surface area contributed by atoms with Crippen molar-refractivity contribution in [1.82, 2.24) is 0 Å². The number of carbonyl (C=O) groups excluding carboxylic acids is 2. The Morgan fingerprint density at radius 3 is 2.30 bits per heavy atom. The Hall–Kier alpha value is -2.36. The number of esters is 2. The summed E-state index contributed by atoms with van der Waals surface area (Å²) in [7, 11) is 0. The second-order valence-corrected chi connectivity index (χ2v) is 3.82. The van der Waals surface area contributed by atoms with Gasteiger partial charge < -0.3 is 9.47 Å². The van der Waals surface area contributed by atoms with Crippen LogP contribution in [0.1, 0.15) is 19.4 Å². The molecular weight excluding hydrogens is 256 g/mol. The number of rotatable bonds is 6. The zero-order valence-corrected chi connectivity index (χ0v) is 11.7. The Morgan fingerprint density at radius 1 is 1.05 bits per heavy atom. The van der Waals surface area contributed by atoms with Crippen LogP contribution in [-0.2, 0) is 19.1 Å². The topological polar surface area (TPSA) is 52.6 Å². The predicted octanol–water partition coefficient (Wildman–Crippen LogP) is 2.75. The molecule has 106 valence electrons. The first kappa shape index (κ1) is 15.7. The average molecular weight is 274 g/mol.